The SMILES string of the molecule is C(=C\c1ccccc1N(c1ccc(-c2ccccc2)cc1)c1ccc(-c2ccc(-c3ccccc3)cc2)cc1)/c1ccccc1. The van der Waals surface area contributed by atoms with Gasteiger partial charge in [-0.25, -0.2) is 0 Å². The first-order valence-electron chi connectivity index (χ1n) is 15.4. The molecule has 0 unspecified atom stereocenters. The average molecular weight is 576 g/mol. The minimum atomic E-state index is 1.10. The molecular weight excluding hydrogens is 542 g/mol. The molecule has 0 bridgehead atoms. The van der Waals surface area contributed by atoms with Gasteiger partial charge in [-0.15, -0.1) is 0 Å². The number of hydrogen-bond acceptors (Lipinski definition) is 1. The predicted octanol–water partition coefficient (Wildman–Crippen LogP) is 12.3. The van der Waals surface area contributed by atoms with Gasteiger partial charge in [0.2, 0.25) is 0 Å². The Balaban J connectivity index is 1.25. The summed E-state index contributed by atoms with van der Waals surface area (Å²) in [5.41, 5.74) is 12.9. The minimum absolute atomic E-state index is 1.10. The summed E-state index contributed by atoms with van der Waals surface area (Å²) in [6.07, 6.45) is 4.39. The molecule has 0 atom stereocenters. The molecule has 0 spiro atoms. The first-order chi connectivity index (χ1) is 22.3. The molecule has 0 aliphatic heterocycles. The molecule has 45 heavy (non-hydrogen) atoms. The quantitative estimate of drug-likeness (QED) is 0.163. The number of benzene rings is 7. The van der Waals surface area contributed by atoms with Gasteiger partial charge in [0.25, 0.3) is 0 Å². The van der Waals surface area contributed by atoms with E-state index in [1.807, 2.05) is 6.07 Å². The Kier molecular flexibility index (Phi) is 8.15. The third-order valence-electron chi connectivity index (χ3n) is 8.12. The number of rotatable bonds is 8. The van der Waals surface area contributed by atoms with Crippen LogP contribution in [0.25, 0.3) is 45.5 Å². The normalized spacial score (nSPS) is 11.0. The van der Waals surface area contributed by atoms with E-state index in [2.05, 4.69) is 199 Å². The van der Waals surface area contributed by atoms with Gasteiger partial charge in [0, 0.05) is 11.4 Å². The lowest BCUT2D eigenvalue weighted by atomic mass is 10.00. The summed E-state index contributed by atoms with van der Waals surface area (Å²) in [6.45, 7) is 0. The van der Waals surface area contributed by atoms with E-state index in [4.69, 9.17) is 0 Å². The second-order valence-corrected chi connectivity index (χ2v) is 11.0. The first kappa shape index (κ1) is 27.9. The molecule has 7 rings (SSSR count). The zero-order valence-corrected chi connectivity index (χ0v) is 25.0. The Hall–Kier alpha value is -5.92. The van der Waals surface area contributed by atoms with Crippen LogP contribution >= 0.6 is 0 Å². The predicted molar refractivity (Wildman–Crippen MR) is 193 cm³/mol. The van der Waals surface area contributed by atoms with Gasteiger partial charge < -0.3 is 4.90 Å². The van der Waals surface area contributed by atoms with Crippen molar-refractivity contribution < 1.29 is 0 Å². The summed E-state index contributed by atoms with van der Waals surface area (Å²) in [5.74, 6) is 0. The number of para-hydroxylation sites is 1. The maximum atomic E-state index is 2.35. The van der Waals surface area contributed by atoms with Gasteiger partial charge in [-0.05, 0) is 74.8 Å². The van der Waals surface area contributed by atoms with Crippen LogP contribution < -0.4 is 4.90 Å². The standard InChI is InChI=1S/C44H33N/c1-4-12-34(13-5-1)20-21-41-18-10-11-19-44(41)45(42-30-26-39(27-31-42)36-16-8-3-9-17-36)43-32-28-40(29-33-43)38-24-22-37(23-25-38)35-14-6-2-7-15-35/h1-33H/b21-20+. The summed E-state index contributed by atoms with van der Waals surface area (Å²) >= 11 is 0. The van der Waals surface area contributed by atoms with Crippen LogP contribution in [0, 0.1) is 0 Å². The van der Waals surface area contributed by atoms with Crippen molar-refractivity contribution in [3.63, 3.8) is 0 Å². The van der Waals surface area contributed by atoms with Gasteiger partial charge in [0.15, 0.2) is 0 Å². The lowest BCUT2D eigenvalue weighted by molar-refractivity contribution is 1.28. The molecule has 0 aromatic heterocycles. The topological polar surface area (TPSA) is 3.24 Å². The van der Waals surface area contributed by atoms with Crippen molar-refractivity contribution in [3.8, 4) is 33.4 Å². The fraction of sp³-hybridized carbons (Fsp3) is 0. The van der Waals surface area contributed by atoms with E-state index in [-0.39, 0.29) is 0 Å². The maximum absolute atomic E-state index is 2.35. The molecule has 0 aliphatic carbocycles. The lowest BCUT2D eigenvalue weighted by Crippen LogP contribution is -2.11. The summed E-state index contributed by atoms with van der Waals surface area (Å²) < 4.78 is 0. The largest absolute Gasteiger partial charge is 0.310 e. The van der Waals surface area contributed by atoms with Crippen molar-refractivity contribution in [3.05, 3.63) is 199 Å². The number of anilines is 3. The molecule has 0 radical (unpaired) electrons. The molecular formula is C44H33N. The molecule has 1 nitrogen and oxygen atoms in total. The zero-order valence-electron chi connectivity index (χ0n) is 25.0. The molecule has 1 heteroatoms. The maximum Gasteiger partial charge on any atom is 0.0533 e. The van der Waals surface area contributed by atoms with Crippen LogP contribution in [0.1, 0.15) is 11.1 Å². The first-order valence-corrected chi connectivity index (χ1v) is 15.4. The van der Waals surface area contributed by atoms with Gasteiger partial charge in [0.1, 0.15) is 0 Å². The average Bonchev–Trinajstić information content (AvgIpc) is 3.13. The lowest BCUT2D eigenvalue weighted by Gasteiger charge is -2.27. The smallest absolute Gasteiger partial charge is 0.0533 e. The molecule has 0 saturated heterocycles. The van der Waals surface area contributed by atoms with Crippen LogP contribution in [0.5, 0.6) is 0 Å². The van der Waals surface area contributed by atoms with E-state index >= 15 is 0 Å². The van der Waals surface area contributed by atoms with Gasteiger partial charge in [-0.2, -0.15) is 0 Å². The van der Waals surface area contributed by atoms with Gasteiger partial charge in [0.05, 0.1) is 5.69 Å². The van der Waals surface area contributed by atoms with E-state index in [1.165, 1.54) is 38.9 Å². The Morgan fingerprint density at radius 3 is 1.11 bits per heavy atom. The zero-order chi connectivity index (χ0) is 30.3. The third kappa shape index (κ3) is 6.39. The van der Waals surface area contributed by atoms with Gasteiger partial charge in [-0.1, -0.05) is 170 Å². The van der Waals surface area contributed by atoms with Crippen LogP contribution in [0.15, 0.2) is 188 Å². The summed E-state index contributed by atoms with van der Waals surface area (Å²) in [4.78, 5) is 2.35. The minimum Gasteiger partial charge on any atom is -0.310 e. The highest BCUT2D eigenvalue weighted by Gasteiger charge is 2.16. The third-order valence-corrected chi connectivity index (χ3v) is 8.12. The highest BCUT2D eigenvalue weighted by Crippen LogP contribution is 2.39. The van der Waals surface area contributed by atoms with E-state index in [0.29, 0.717) is 0 Å². The van der Waals surface area contributed by atoms with Crippen molar-refractivity contribution >= 4 is 29.2 Å². The van der Waals surface area contributed by atoms with Crippen LogP contribution in [0.3, 0.4) is 0 Å². The van der Waals surface area contributed by atoms with Crippen LogP contribution in [-0.2, 0) is 0 Å². The Bertz CT molecular complexity index is 1990. The highest BCUT2D eigenvalue weighted by atomic mass is 15.1. The van der Waals surface area contributed by atoms with E-state index in [1.54, 1.807) is 0 Å². The van der Waals surface area contributed by atoms with Crippen molar-refractivity contribution in [2.45, 2.75) is 0 Å². The molecule has 0 heterocycles. The highest BCUT2D eigenvalue weighted by molar-refractivity contribution is 5.86. The van der Waals surface area contributed by atoms with E-state index in [0.717, 1.165) is 22.6 Å². The van der Waals surface area contributed by atoms with Crippen molar-refractivity contribution in [1.29, 1.82) is 0 Å². The van der Waals surface area contributed by atoms with Crippen LogP contribution in [0.4, 0.5) is 17.1 Å². The monoisotopic (exact) mass is 575 g/mol. The summed E-state index contributed by atoms with van der Waals surface area (Å²) in [6, 6.07) is 66.7. The summed E-state index contributed by atoms with van der Waals surface area (Å²) in [5, 5.41) is 0. The second-order valence-electron chi connectivity index (χ2n) is 11.0. The molecule has 7 aromatic rings. The number of nitrogens with zero attached hydrogens (tertiary/aromatic N) is 1. The van der Waals surface area contributed by atoms with Gasteiger partial charge in [-0.3, -0.25) is 0 Å². The molecule has 0 amide bonds. The molecule has 0 aliphatic rings. The Morgan fingerprint density at radius 2 is 0.644 bits per heavy atom. The molecule has 0 fully saturated rings. The molecule has 7 aromatic carbocycles. The fourth-order valence-electron chi connectivity index (χ4n) is 5.73. The van der Waals surface area contributed by atoms with Crippen molar-refractivity contribution in [2.75, 3.05) is 4.90 Å². The van der Waals surface area contributed by atoms with Crippen LogP contribution in [0.2, 0.25) is 0 Å². The number of hydrogen-bond donors (Lipinski definition) is 0. The summed E-state index contributed by atoms with van der Waals surface area (Å²) in [7, 11) is 0. The van der Waals surface area contributed by atoms with E-state index in [9.17, 15) is 0 Å². The van der Waals surface area contributed by atoms with E-state index < -0.39 is 0 Å². The van der Waals surface area contributed by atoms with Crippen LogP contribution in [-0.4, -0.2) is 0 Å². The van der Waals surface area contributed by atoms with Gasteiger partial charge >= 0.3 is 0 Å². The fourth-order valence-corrected chi connectivity index (χ4v) is 5.73. The van der Waals surface area contributed by atoms with Crippen molar-refractivity contribution in [2.24, 2.45) is 0 Å². The Morgan fingerprint density at radius 1 is 0.289 bits per heavy atom. The molecule has 214 valence electrons. The van der Waals surface area contributed by atoms with Crippen molar-refractivity contribution in [1.82, 2.24) is 0 Å². The Labute approximate surface area is 266 Å². The second kappa shape index (κ2) is 13.2. The molecule has 0 N–H and O–H groups in total. The molecule has 0 saturated carbocycles.